The quantitative estimate of drug-likeness (QED) is 0.331. The summed E-state index contributed by atoms with van der Waals surface area (Å²) >= 11 is 0. The Morgan fingerprint density at radius 1 is 0.767 bits per heavy atom. The van der Waals surface area contributed by atoms with E-state index in [2.05, 4.69) is 52.8 Å². The number of methoxy groups -OCH3 is 1. The second kappa shape index (κ2) is 12.0. The predicted octanol–water partition coefficient (Wildman–Crippen LogP) is 6.98. The number of hydrogen-bond donors (Lipinski definition) is 1. The van der Waals surface area contributed by atoms with Crippen molar-refractivity contribution in [1.82, 2.24) is 10.2 Å². The van der Waals surface area contributed by atoms with Crippen molar-refractivity contribution in [2.75, 3.05) is 19.0 Å². The third-order valence-electron chi connectivity index (χ3n) is 5.33. The zero-order valence-electron chi connectivity index (χ0n) is 18.2. The summed E-state index contributed by atoms with van der Waals surface area (Å²) in [5, 5.41) is 12.5. The Balaban J connectivity index is 1.69. The Morgan fingerprint density at radius 2 is 1.47 bits per heavy atom. The van der Waals surface area contributed by atoms with Gasteiger partial charge in [-0.25, -0.2) is 0 Å². The minimum absolute atomic E-state index is 0.831. The predicted molar refractivity (Wildman–Crippen MR) is 126 cm³/mol. The molecule has 0 bridgehead atoms. The fourth-order valence-corrected chi connectivity index (χ4v) is 3.58. The highest BCUT2D eigenvalue weighted by Crippen LogP contribution is 2.32. The first kappa shape index (κ1) is 21.8. The van der Waals surface area contributed by atoms with Crippen LogP contribution in [0.1, 0.15) is 51.9 Å². The van der Waals surface area contributed by atoms with Crippen molar-refractivity contribution >= 4 is 5.82 Å². The Morgan fingerprint density at radius 3 is 2.17 bits per heavy atom. The van der Waals surface area contributed by atoms with E-state index in [1.54, 1.807) is 7.11 Å². The van der Waals surface area contributed by atoms with Gasteiger partial charge in [0.05, 0.1) is 7.11 Å². The molecule has 0 fully saturated rings. The summed E-state index contributed by atoms with van der Waals surface area (Å²) in [5.74, 6) is 1.66. The van der Waals surface area contributed by atoms with Crippen LogP contribution >= 0.6 is 0 Å². The summed E-state index contributed by atoms with van der Waals surface area (Å²) in [6.45, 7) is 3.19. The van der Waals surface area contributed by atoms with Crippen molar-refractivity contribution in [1.29, 1.82) is 0 Å². The highest BCUT2D eigenvalue weighted by atomic mass is 16.5. The number of nitrogens with zero attached hydrogens (tertiary/aromatic N) is 2. The van der Waals surface area contributed by atoms with Crippen molar-refractivity contribution in [3.8, 4) is 28.1 Å². The second-order valence-electron chi connectivity index (χ2n) is 7.63. The van der Waals surface area contributed by atoms with Gasteiger partial charge in [0.1, 0.15) is 17.3 Å². The molecule has 4 nitrogen and oxygen atoms in total. The van der Waals surface area contributed by atoms with Crippen LogP contribution in [0.5, 0.6) is 5.75 Å². The van der Waals surface area contributed by atoms with Gasteiger partial charge in [0.15, 0.2) is 0 Å². The molecule has 3 aromatic rings. The van der Waals surface area contributed by atoms with E-state index >= 15 is 0 Å². The highest BCUT2D eigenvalue weighted by molar-refractivity contribution is 5.82. The average molecular weight is 404 g/mol. The first-order chi connectivity index (χ1) is 14.8. The lowest BCUT2D eigenvalue weighted by molar-refractivity contribution is 0.415. The summed E-state index contributed by atoms with van der Waals surface area (Å²) in [4.78, 5) is 0. The normalized spacial score (nSPS) is 10.7. The number of ether oxygens (including phenoxy) is 1. The summed E-state index contributed by atoms with van der Waals surface area (Å²) in [5.41, 5.74) is 4.13. The summed E-state index contributed by atoms with van der Waals surface area (Å²) < 4.78 is 5.28. The summed E-state index contributed by atoms with van der Waals surface area (Å²) in [6, 6.07) is 20.5. The average Bonchev–Trinajstić information content (AvgIpc) is 2.81. The Labute approximate surface area is 180 Å². The second-order valence-corrected chi connectivity index (χ2v) is 7.63. The highest BCUT2D eigenvalue weighted by Gasteiger charge is 2.12. The minimum atomic E-state index is 0.831. The molecular formula is C26H33N3O. The van der Waals surface area contributed by atoms with E-state index in [0.29, 0.717) is 0 Å². The fraction of sp³-hybridized carbons (Fsp3) is 0.385. The number of benzene rings is 2. The maximum atomic E-state index is 5.28. The molecule has 0 saturated heterocycles. The van der Waals surface area contributed by atoms with Crippen LogP contribution in [0.25, 0.3) is 22.4 Å². The molecule has 30 heavy (non-hydrogen) atoms. The number of unbranched alkanes of at least 4 members (excludes halogenated alkanes) is 6. The molecule has 158 valence electrons. The molecule has 0 saturated carbocycles. The van der Waals surface area contributed by atoms with Gasteiger partial charge < -0.3 is 10.1 Å². The van der Waals surface area contributed by atoms with Gasteiger partial charge in [-0.3, -0.25) is 0 Å². The van der Waals surface area contributed by atoms with E-state index in [1.807, 2.05) is 30.3 Å². The van der Waals surface area contributed by atoms with Gasteiger partial charge in [-0.1, -0.05) is 75.8 Å². The van der Waals surface area contributed by atoms with E-state index in [0.717, 1.165) is 46.9 Å². The standard InChI is InChI=1S/C26H33N3O/c1-3-4-5-6-7-8-12-19-27-25-20-24(21-13-10-9-11-14-21)26(29-28-25)22-15-17-23(30-2)18-16-22/h9-11,13-18,20H,3-8,12,19H2,1-2H3,(H,27,28). The van der Waals surface area contributed by atoms with Crippen LogP contribution in [0.4, 0.5) is 5.82 Å². The summed E-state index contributed by atoms with van der Waals surface area (Å²) in [7, 11) is 1.68. The molecule has 0 radical (unpaired) electrons. The van der Waals surface area contributed by atoms with Crippen molar-refractivity contribution in [3.63, 3.8) is 0 Å². The van der Waals surface area contributed by atoms with Crippen LogP contribution in [0.3, 0.4) is 0 Å². The molecule has 0 unspecified atom stereocenters. The number of nitrogens with one attached hydrogen (secondary N) is 1. The lowest BCUT2D eigenvalue weighted by atomic mass is 10.00. The fourth-order valence-electron chi connectivity index (χ4n) is 3.58. The Bertz CT molecular complexity index is 879. The lowest BCUT2D eigenvalue weighted by Gasteiger charge is -2.12. The van der Waals surface area contributed by atoms with Crippen LogP contribution in [-0.2, 0) is 0 Å². The molecule has 0 aliphatic heterocycles. The van der Waals surface area contributed by atoms with Crippen LogP contribution < -0.4 is 10.1 Å². The van der Waals surface area contributed by atoms with Crippen molar-refractivity contribution < 1.29 is 4.74 Å². The van der Waals surface area contributed by atoms with E-state index < -0.39 is 0 Å². The molecule has 3 rings (SSSR count). The van der Waals surface area contributed by atoms with Gasteiger partial charge in [-0.2, -0.15) is 0 Å². The molecule has 0 aliphatic carbocycles. The number of anilines is 1. The first-order valence-electron chi connectivity index (χ1n) is 11.1. The minimum Gasteiger partial charge on any atom is -0.497 e. The maximum absolute atomic E-state index is 5.28. The van der Waals surface area contributed by atoms with Crippen LogP contribution in [0, 0.1) is 0 Å². The van der Waals surface area contributed by atoms with Gasteiger partial charge >= 0.3 is 0 Å². The van der Waals surface area contributed by atoms with Gasteiger partial charge in [0.25, 0.3) is 0 Å². The first-order valence-corrected chi connectivity index (χ1v) is 11.1. The Kier molecular flexibility index (Phi) is 8.70. The molecule has 0 amide bonds. The van der Waals surface area contributed by atoms with E-state index in [4.69, 9.17) is 4.74 Å². The number of rotatable bonds is 12. The van der Waals surface area contributed by atoms with Gasteiger partial charge in [-0.05, 0) is 42.3 Å². The summed E-state index contributed by atoms with van der Waals surface area (Å²) in [6.07, 6.45) is 9.12. The molecule has 0 aliphatic rings. The van der Waals surface area contributed by atoms with Crippen LogP contribution in [0.2, 0.25) is 0 Å². The van der Waals surface area contributed by atoms with Crippen LogP contribution in [0.15, 0.2) is 60.7 Å². The van der Waals surface area contributed by atoms with Crippen molar-refractivity contribution in [3.05, 3.63) is 60.7 Å². The van der Waals surface area contributed by atoms with E-state index in [9.17, 15) is 0 Å². The zero-order valence-corrected chi connectivity index (χ0v) is 18.2. The molecule has 0 spiro atoms. The zero-order chi connectivity index (χ0) is 21.0. The number of aromatic nitrogens is 2. The van der Waals surface area contributed by atoms with E-state index in [1.165, 1.54) is 38.5 Å². The molecule has 1 heterocycles. The third kappa shape index (κ3) is 6.31. The van der Waals surface area contributed by atoms with Gasteiger partial charge in [0.2, 0.25) is 0 Å². The van der Waals surface area contributed by atoms with E-state index in [-0.39, 0.29) is 0 Å². The molecular weight excluding hydrogens is 370 g/mol. The SMILES string of the molecule is CCCCCCCCCNc1cc(-c2ccccc2)c(-c2ccc(OC)cc2)nn1. The molecule has 0 atom stereocenters. The molecule has 1 N–H and O–H groups in total. The molecule has 2 aromatic carbocycles. The van der Waals surface area contributed by atoms with Gasteiger partial charge in [0, 0.05) is 17.7 Å². The van der Waals surface area contributed by atoms with Gasteiger partial charge in [-0.15, -0.1) is 10.2 Å². The smallest absolute Gasteiger partial charge is 0.149 e. The molecule has 4 heteroatoms. The van der Waals surface area contributed by atoms with Crippen LogP contribution in [-0.4, -0.2) is 23.9 Å². The van der Waals surface area contributed by atoms with Crippen molar-refractivity contribution in [2.45, 2.75) is 51.9 Å². The Hall–Kier alpha value is -2.88. The monoisotopic (exact) mass is 403 g/mol. The third-order valence-corrected chi connectivity index (χ3v) is 5.33. The number of hydrogen-bond acceptors (Lipinski definition) is 4. The topological polar surface area (TPSA) is 47.0 Å². The largest absolute Gasteiger partial charge is 0.497 e. The maximum Gasteiger partial charge on any atom is 0.149 e. The van der Waals surface area contributed by atoms with Crippen molar-refractivity contribution in [2.24, 2.45) is 0 Å². The lowest BCUT2D eigenvalue weighted by Crippen LogP contribution is -2.05. The molecule has 1 aromatic heterocycles.